The Kier molecular flexibility index (Phi) is 3.02. The van der Waals surface area contributed by atoms with Gasteiger partial charge in [-0.2, -0.15) is 0 Å². The first kappa shape index (κ1) is 10.4. The number of hydrogen-bond donors (Lipinski definition) is 0. The van der Waals surface area contributed by atoms with E-state index < -0.39 is 0 Å². The maximum atomic E-state index is 11.2. The van der Waals surface area contributed by atoms with Crippen LogP contribution in [0.25, 0.3) is 0 Å². The largest absolute Gasteiger partial charge is 0.274 e. The van der Waals surface area contributed by atoms with E-state index in [4.69, 9.17) is 0 Å². The van der Waals surface area contributed by atoms with Crippen LogP contribution in [-0.2, 0) is 9.59 Å². The molecular formula is C11H13NO2. The summed E-state index contributed by atoms with van der Waals surface area (Å²) in [5.41, 5.74) is 1.65. The van der Waals surface area contributed by atoms with Crippen LogP contribution in [0.2, 0.25) is 0 Å². The number of carbonyl (C=O) groups is 2. The smallest absolute Gasteiger partial charge is 0.230 e. The minimum atomic E-state index is -0.261. The molecule has 0 bridgehead atoms. The van der Waals surface area contributed by atoms with Crippen molar-refractivity contribution >= 4 is 17.5 Å². The average molecular weight is 191 g/mol. The third-order valence-electron chi connectivity index (χ3n) is 1.89. The standard InChI is InChI=1S/C11H13NO2/c1-8-5-4-6-11(7-8)12(9(2)13)10(3)14/h4-7H,1-3H3. The molecule has 0 aliphatic rings. The first-order chi connectivity index (χ1) is 6.52. The van der Waals surface area contributed by atoms with Gasteiger partial charge >= 0.3 is 0 Å². The molecule has 1 aromatic rings. The van der Waals surface area contributed by atoms with E-state index in [2.05, 4.69) is 0 Å². The van der Waals surface area contributed by atoms with Crippen molar-refractivity contribution < 1.29 is 9.59 Å². The zero-order chi connectivity index (χ0) is 10.7. The van der Waals surface area contributed by atoms with E-state index in [0.29, 0.717) is 5.69 Å². The molecule has 0 unspecified atom stereocenters. The van der Waals surface area contributed by atoms with Crippen LogP contribution in [0.15, 0.2) is 24.3 Å². The van der Waals surface area contributed by atoms with Crippen molar-refractivity contribution in [2.24, 2.45) is 0 Å². The molecule has 0 N–H and O–H groups in total. The van der Waals surface area contributed by atoms with Gasteiger partial charge in [0.25, 0.3) is 0 Å². The molecule has 0 heterocycles. The van der Waals surface area contributed by atoms with E-state index in [1.807, 2.05) is 25.1 Å². The number of hydrogen-bond acceptors (Lipinski definition) is 2. The maximum absolute atomic E-state index is 11.2. The molecule has 3 heteroatoms. The Balaban J connectivity index is 3.12. The number of benzene rings is 1. The maximum Gasteiger partial charge on any atom is 0.230 e. The Hall–Kier alpha value is -1.64. The van der Waals surface area contributed by atoms with Crippen molar-refractivity contribution in [1.82, 2.24) is 0 Å². The quantitative estimate of drug-likeness (QED) is 0.679. The lowest BCUT2D eigenvalue weighted by Crippen LogP contribution is -2.32. The number of amides is 2. The highest BCUT2D eigenvalue weighted by Crippen LogP contribution is 2.16. The molecule has 0 atom stereocenters. The van der Waals surface area contributed by atoms with Crippen molar-refractivity contribution in [2.45, 2.75) is 20.8 Å². The SMILES string of the molecule is CC(=O)N(C(C)=O)c1cccc(C)c1. The van der Waals surface area contributed by atoms with E-state index in [1.165, 1.54) is 13.8 Å². The molecule has 0 radical (unpaired) electrons. The third kappa shape index (κ3) is 2.19. The first-order valence-electron chi connectivity index (χ1n) is 4.40. The number of aryl methyl sites for hydroxylation is 1. The molecule has 0 saturated heterocycles. The van der Waals surface area contributed by atoms with Gasteiger partial charge in [-0.15, -0.1) is 0 Å². The summed E-state index contributed by atoms with van der Waals surface area (Å²) in [7, 11) is 0. The molecule has 1 aromatic carbocycles. The molecular weight excluding hydrogens is 178 g/mol. The van der Waals surface area contributed by atoms with E-state index >= 15 is 0 Å². The summed E-state index contributed by atoms with van der Waals surface area (Å²) in [6, 6.07) is 7.30. The number of anilines is 1. The van der Waals surface area contributed by atoms with Gasteiger partial charge < -0.3 is 0 Å². The average Bonchev–Trinajstić information content (AvgIpc) is 2.02. The number of imide groups is 1. The highest BCUT2D eigenvalue weighted by Gasteiger charge is 2.15. The van der Waals surface area contributed by atoms with Crippen LogP contribution in [0, 0.1) is 6.92 Å². The van der Waals surface area contributed by atoms with E-state index in [9.17, 15) is 9.59 Å². The number of nitrogens with zero attached hydrogens (tertiary/aromatic N) is 1. The summed E-state index contributed by atoms with van der Waals surface area (Å²) in [5.74, 6) is -0.522. The Morgan fingerprint density at radius 1 is 1.14 bits per heavy atom. The highest BCUT2D eigenvalue weighted by atomic mass is 16.2. The predicted molar refractivity (Wildman–Crippen MR) is 55.0 cm³/mol. The van der Waals surface area contributed by atoms with Gasteiger partial charge in [0, 0.05) is 13.8 Å². The Morgan fingerprint density at radius 2 is 1.71 bits per heavy atom. The van der Waals surface area contributed by atoms with Crippen molar-refractivity contribution in [2.75, 3.05) is 4.90 Å². The molecule has 14 heavy (non-hydrogen) atoms. The summed E-state index contributed by atoms with van der Waals surface area (Å²) in [6.45, 7) is 4.68. The molecule has 0 fully saturated rings. The van der Waals surface area contributed by atoms with E-state index in [0.717, 1.165) is 10.5 Å². The fourth-order valence-corrected chi connectivity index (χ4v) is 1.35. The van der Waals surface area contributed by atoms with Gasteiger partial charge in [-0.3, -0.25) is 14.5 Å². The molecule has 74 valence electrons. The van der Waals surface area contributed by atoms with Crippen molar-refractivity contribution in [3.05, 3.63) is 29.8 Å². The molecule has 0 aliphatic carbocycles. The Labute approximate surface area is 83.3 Å². The van der Waals surface area contributed by atoms with Gasteiger partial charge in [0.1, 0.15) is 0 Å². The molecule has 0 aromatic heterocycles. The molecule has 1 rings (SSSR count). The second-order valence-corrected chi connectivity index (χ2v) is 3.21. The topological polar surface area (TPSA) is 37.4 Å². The highest BCUT2D eigenvalue weighted by molar-refractivity contribution is 6.13. The van der Waals surface area contributed by atoms with Crippen molar-refractivity contribution in [3.8, 4) is 0 Å². The molecule has 0 aliphatic heterocycles. The van der Waals surface area contributed by atoms with Gasteiger partial charge in [0.15, 0.2) is 0 Å². The monoisotopic (exact) mass is 191 g/mol. The predicted octanol–water partition coefficient (Wildman–Crippen LogP) is 1.89. The van der Waals surface area contributed by atoms with Crippen molar-refractivity contribution in [1.29, 1.82) is 0 Å². The van der Waals surface area contributed by atoms with Crippen LogP contribution >= 0.6 is 0 Å². The van der Waals surface area contributed by atoms with E-state index in [-0.39, 0.29) is 11.8 Å². The summed E-state index contributed by atoms with van der Waals surface area (Å²) in [6.07, 6.45) is 0. The van der Waals surface area contributed by atoms with Crippen LogP contribution in [-0.4, -0.2) is 11.8 Å². The second kappa shape index (κ2) is 4.05. The Bertz CT molecular complexity index is 357. The van der Waals surface area contributed by atoms with Crippen molar-refractivity contribution in [3.63, 3.8) is 0 Å². The van der Waals surface area contributed by atoms with Gasteiger partial charge in [-0.05, 0) is 24.6 Å². The first-order valence-corrected chi connectivity index (χ1v) is 4.40. The van der Waals surface area contributed by atoms with Gasteiger partial charge in [0.05, 0.1) is 5.69 Å². The molecule has 3 nitrogen and oxygen atoms in total. The number of carbonyl (C=O) groups excluding carboxylic acids is 2. The lowest BCUT2D eigenvalue weighted by atomic mass is 10.2. The second-order valence-electron chi connectivity index (χ2n) is 3.21. The van der Waals surface area contributed by atoms with E-state index in [1.54, 1.807) is 6.07 Å². The van der Waals surface area contributed by atoms with Crippen LogP contribution in [0.5, 0.6) is 0 Å². The van der Waals surface area contributed by atoms with Crippen LogP contribution in [0.3, 0.4) is 0 Å². The number of rotatable bonds is 1. The van der Waals surface area contributed by atoms with Gasteiger partial charge in [-0.25, -0.2) is 0 Å². The summed E-state index contributed by atoms with van der Waals surface area (Å²) < 4.78 is 0. The van der Waals surface area contributed by atoms with Crippen LogP contribution in [0.1, 0.15) is 19.4 Å². The fourth-order valence-electron chi connectivity index (χ4n) is 1.35. The fraction of sp³-hybridized carbons (Fsp3) is 0.273. The zero-order valence-electron chi connectivity index (χ0n) is 8.57. The summed E-state index contributed by atoms with van der Waals surface area (Å²) in [5, 5.41) is 0. The molecule has 0 saturated carbocycles. The Morgan fingerprint density at radius 3 is 2.14 bits per heavy atom. The normalized spacial score (nSPS) is 9.64. The lowest BCUT2D eigenvalue weighted by molar-refractivity contribution is -0.124. The lowest BCUT2D eigenvalue weighted by Gasteiger charge is -2.17. The molecule has 2 amide bonds. The van der Waals surface area contributed by atoms with Crippen LogP contribution in [0.4, 0.5) is 5.69 Å². The minimum absolute atomic E-state index is 0.261. The van der Waals surface area contributed by atoms with Crippen LogP contribution < -0.4 is 4.90 Å². The summed E-state index contributed by atoms with van der Waals surface area (Å²) >= 11 is 0. The minimum Gasteiger partial charge on any atom is -0.274 e. The molecule has 0 spiro atoms. The van der Waals surface area contributed by atoms with Gasteiger partial charge in [0.2, 0.25) is 11.8 Å². The third-order valence-corrected chi connectivity index (χ3v) is 1.89. The van der Waals surface area contributed by atoms with Gasteiger partial charge in [-0.1, -0.05) is 12.1 Å². The zero-order valence-corrected chi connectivity index (χ0v) is 8.57. The summed E-state index contributed by atoms with van der Waals surface area (Å²) in [4.78, 5) is 23.6.